The number of phenols is 2. The second kappa shape index (κ2) is 16.3. The van der Waals surface area contributed by atoms with Crippen LogP contribution < -0.4 is 10.9 Å². The zero-order valence-corrected chi connectivity index (χ0v) is 19.6. The fourth-order valence-electron chi connectivity index (χ4n) is 1.71. The first-order valence-corrected chi connectivity index (χ1v) is 12.7. The summed E-state index contributed by atoms with van der Waals surface area (Å²) in [5.74, 6) is -1.49. The van der Waals surface area contributed by atoms with Gasteiger partial charge in [-0.25, -0.2) is 10.9 Å². The number of hydrazone groups is 2. The Kier molecular flexibility index (Phi) is 14.6. The smallest absolute Gasteiger partial charge is 0.275 e. The number of hydrogen-bond acceptors (Lipinski definition) is 8. The number of nitrogens with zero attached hydrogens (tertiary/aromatic N) is 2. The van der Waals surface area contributed by atoms with Gasteiger partial charge >= 0.3 is 0 Å². The number of aromatic hydroxyl groups is 2. The fourth-order valence-corrected chi connectivity index (χ4v) is 1.71. The Hall–Kier alpha value is -3.38. The van der Waals surface area contributed by atoms with Crippen LogP contribution in [0.4, 0.5) is 0 Å². The highest BCUT2D eigenvalue weighted by Gasteiger charge is 2.09. The average Bonchev–Trinajstić information content (AvgIpc) is 2.70. The van der Waals surface area contributed by atoms with Gasteiger partial charge in [0.25, 0.3) is 11.8 Å². The molecule has 0 aromatic heterocycles. The van der Waals surface area contributed by atoms with Crippen LogP contribution in [0.25, 0.3) is 0 Å². The SMILES string of the molecule is CS(C)=O.CS(C)=O.O=C(N/N=C/C=N/NC(=O)c1ccccc1O)c1ccccc1O. The maximum atomic E-state index is 11.7. The molecule has 0 saturated carbocycles. The zero-order chi connectivity index (χ0) is 24.5. The van der Waals surface area contributed by atoms with Crippen molar-refractivity contribution in [1.82, 2.24) is 10.9 Å². The summed E-state index contributed by atoms with van der Waals surface area (Å²) < 4.78 is 19.1. The van der Waals surface area contributed by atoms with E-state index in [1.54, 1.807) is 49.3 Å². The summed E-state index contributed by atoms with van der Waals surface area (Å²) in [5.41, 5.74) is 4.56. The van der Waals surface area contributed by atoms with Gasteiger partial charge in [0.2, 0.25) is 0 Å². The van der Waals surface area contributed by atoms with Gasteiger partial charge in [-0.1, -0.05) is 24.3 Å². The number of nitrogens with one attached hydrogen (secondary N) is 2. The Morgan fingerprint density at radius 1 is 0.719 bits per heavy atom. The Labute approximate surface area is 191 Å². The lowest BCUT2D eigenvalue weighted by molar-refractivity contribution is 0.0943. The molecule has 0 aliphatic rings. The molecule has 10 nitrogen and oxygen atoms in total. The highest BCUT2D eigenvalue weighted by atomic mass is 32.2. The molecule has 0 aliphatic carbocycles. The van der Waals surface area contributed by atoms with Crippen LogP contribution in [0, 0.1) is 0 Å². The van der Waals surface area contributed by atoms with Crippen LogP contribution in [0.2, 0.25) is 0 Å². The summed E-state index contributed by atoms with van der Waals surface area (Å²) in [7, 11) is -1.22. The maximum Gasteiger partial charge on any atom is 0.275 e. The van der Waals surface area contributed by atoms with E-state index in [2.05, 4.69) is 21.1 Å². The maximum absolute atomic E-state index is 11.7. The van der Waals surface area contributed by atoms with Gasteiger partial charge in [-0.15, -0.1) is 0 Å². The summed E-state index contributed by atoms with van der Waals surface area (Å²) in [4.78, 5) is 23.4. The van der Waals surface area contributed by atoms with Gasteiger partial charge < -0.3 is 10.2 Å². The highest BCUT2D eigenvalue weighted by Crippen LogP contribution is 2.15. The molecule has 2 aromatic rings. The summed E-state index contributed by atoms with van der Waals surface area (Å²) in [5, 5.41) is 26.2. The van der Waals surface area contributed by atoms with E-state index in [1.165, 1.54) is 24.3 Å². The lowest BCUT2D eigenvalue weighted by Gasteiger charge is -2.01. The first-order valence-electron chi connectivity index (χ1n) is 8.77. The van der Waals surface area contributed by atoms with E-state index < -0.39 is 33.4 Å². The summed E-state index contributed by atoms with van der Waals surface area (Å²) in [6.45, 7) is 0. The summed E-state index contributed by atoms with van der Waals surface area (Å²) in [6, 6.07) is 12.1. The fraction of sp³-hybridized carbons (Fsp3) is 0.200. The second-order valence-electron chi connectivity index (χ2n) is 5.96. The van der Waals surface area contributed by atoms with Gasteiger partial charge in [-0.05, 0) is 24.3 Å². The number of amides is 2. The van der Waals surface area contributed by atoms with Gasteiger partial charge in [-0.2, -0.15) is 10.2 Å². The molecule has 4 N–H and O–H groups in total. The van der Waals surface area contributed by atoms with Crippen molar-refractivity contribution in [1.29, 1.82) is 0 Å². The van der Waals surface area contributed by atoms with Crippen molar-refractivity contribution >= 4 is 45.8 Å². The first-order chi connectivity index (χ1) is 15.1. The molecule has 0 atom stereocenters. The van der Waals surface area contributed by atoms with Crippen molar-refractivity contribution in [2.45, 2.75) is 0 Å². The number of benzene rings is 2. The molecule has 0 fully saturated rings. The molecule has 2 amide bonds. The van der Waals surface area contributed by atoms with E-state index in [-0.39, 0.29) is 22.6 Å². The number of carbonyl (C=O) groups is 2. The minimum Gasteiger partial charge on any atom is -0.507 e. The molecule has 0 unspecified atom stereocenters. The molecule has 2 aromatic carbocycles. The third kappa shape index (κ3) is 13.8. The van der Waals surface area contributed by atoms with Crippen LogP contribution in [0.3, 0.4) is 0 Å². The quantitative estimate of drug-likeness (QED) is 0.371. The predicted octanol–water partition coefficient (Wildman–Crippen LogP) is 1.22. The minimum absolute atomic E-state index is 0.0828. The minimum atomic E-state index is -0.611. The van der Waals surface area contributed by atoms with Gasteiger partial charge in [0.1, 0.15) is 11.5 Å². The highest BCUT2D eigenvalue weighted by molar-refractivity contribution is 7.83. The van der Waals surface area contributed by atoms with E-state index in [9.17, 15) is 28.2 Å². The monoisotopic (exact) mass is 482 g/mol. The Morgan fingerprint density at radius 2 is 1.00 bits per heavy atom. The Balaban J connectivity index is 0.00000104. The van der Waals surface area contributed by atoms with Crippen LogP contribution in [-0.2, 0) is 21.6 Å². The van der Waals surface area contributed by atoms with E-state index in [1.807, 2.05) is 0 Å². The lowest BCUT2D eigenvalue weighted by Crippen LogP contribution is -2.19. The van der Waals surface area contributed by atoms with Crippen molar-refractivity contribution in [3.63, 3.8) is 0 Å². The van der Waals surface area contributed by atoms with Crippen molar-refractivity contribution in [3.8, 4) is 11.5 Å². The molecule has 0 radical (unpaired) electrons. The van der Waals surface area contributed by atoms with Crippen LogP contribution in [0.1, 0.15) is 20.7 Å². The van der Waals surface area contributed by atoms with Gasteiger partial charge in [0.05, 0.1) is 23.6 Å². The molecule has 0 heterocycles. The molecule has 0 bridgehead atoms. The topological polar surface area (TPSA) is 158 Å². The third-order valence-electron chi connectivity index (χ3n) is 2.85. The number of phenolic OH excluding ortho intramolecular Hbond substituents is 2. The molecule has 0 spiro atoms. The van der Waals surface area contributed by atoms with Crippen LogP contribution in [0.5, 0.6) is 11.5 Å². The molecule has 2 rings (SSSR count). The van der Waals surface area contributed by atoms with E-state index >= 15 is 0 Å². The molecule has 174 valence electrons. The molecule has 32 heavy (non-hydrogen) atoms. The molecular formula is C20H26N4O6S2. The van der Waals surface area contributed by atoms with Gasteiger partial charge in [0, 0.05) is 46.6 Å². The van der Waals surface area contributed by atoms with Crippen LogP contribution in [0.15, 0.2) is 58.7 Å². The number of para-hydroxylation sites is 2. The molecular weight excluding hydrogens is 456 g/mol. The molecule has 0 aliphatic heterocycles. The van der Waals surface area contributed by atoms with Crippen molar-refractivity contribution in [3.05, 3.63) is 59.7 Å². The van der Waals surface area contributed by atoms with Crippen LogP contribution in [-0.4, -0.2) is 67.9 Å². The van der Waals surface area contributed by atoms with Crippen molar-refractivity contribution in [2.75, 3.05) is 25.0 Å². The van der Waals surface area contributed by atoms with E-state index in [0.717, 1.165) is 12.4 Å². The van der Waals surface area contributed by atoms with Gasteiger partial charge in [-0.3, -0.25) is 18.0 Å². The number of rotatable bonds is 5. The zero-order valence-electron chi connectivity index (χ0n) is 18.0. The van der Waals surface area contributed by atoms with E-state index in [4.69, 9.17) is 0 Å². The first kappa shape index (κ1) is 28.6. The Morgan fingerprint density at radius 3 is 1.28 bits per heavy atom. The average molecular weight is 483 g/mol. The Bertz CT molecular complexity index is 908. The van der Waals surface area contributed by atoms with Gasteiger partial charge in [0.15, 0.2) is 0 Å². The molecule has 12 heteroatoms. The van der Waals surface area contributed by atoms with Crippen molar-refractivity contribution < 1.29 is 28.2 Å². The standard InChI is InChI=1S/C16H14N4O4.2C2H6OS/c21-13-7-3-1-5-11(13)15(23)19-17-9-10-18-20-16(24)12-6-2-4-8-14(12)22;2*1-4(2)3/h1-10,21-22H,(H,19,23)(H,20,24);2*1-2H3/b17-9+,18-10+;;. The number of hydrogen-bond donors (Lipinski definition) is 4. The summed E-state index contributed by atoms with van der Waals surface area (Å²) in [6.07, 6.45) is 8.84. The summed E-state index contributed by atoms with van der Waals surface area (Å²) >= 11 is 0. The second-order valence-corrected chi connectivity index (χ2v) is 8.92. The number of carbonyl (C=O) groups excluding carboxylic acids is 2. The predicted molar refractivity (Wildman–Crippen MR) is 128 cm³/mol. The third-order valence-corrected chi connectivity index (χ3v) is 2.85. The normalized spacial score (nSPS) is 10.3. The molecule has 0 saturated heterocycles. The lowest BCUT2D eigenvalue weighted by atomic mass is 10.2. The van der Waals surface area contributed by atoms with Crippen LogP contribution >= 0.6 is 0 Å². The van der Waals surface area contributed by atoms with E-state index in [0.29, 0.717) is 0 Å². The largest absolute Gasteiger partial charge is 0.507 e. The van der Waals surface area contributed by atoms with Crippen molar-refractivity contribution in [2.24, 2.45) is 10.2 Å².